The normalized spacial score (nSPS) is 19.1. The molecule has 1 N–H and O–H groups in total. The van der Waals surface area contributed by atoms with Crippen LogP contribution in [0.4, 0.5) is 17.6 Å². The van der Waals surface area contributed by atoms with E-state index in [0.717, 1.165) is 0 Å². The van der Waals surface area contributed by atoms with Crippen LogP contribution in [0, 0.1) is 23.3 Å². The van der Waals surface area contributed by atoms with Gasteiger partial charge >= 0.3 is 0 Å². The van der Waals surface area contributed by atoms with Crippen LogP contribution >= 0.6 is 11.6 Å². The summed E-state index contributed by atoms with van der Waals surface area (Å²) in [5, 5.41) is 0.0948. The van der Waals surface area contributed by atoms with Gasteiger partial charge in [0.15, 0.2) is 11.6 Å². The molecule has 0 aliphatic carbocycles. The molecule has 1 aliphatic rings. The maximum Gasteiger partial charge on any atom is 0.243 e. The van der Waals surface area contributed by atoms with E-state index in [2.05, 4.69) is 4.72 Å². The molecule has 164 valence electrons. The molecule has 2 aromatic carbocycles. The Morgan fingerprint density at radius 2 is 1.87 bits per heavy atom. The number of halogens is 5. The highest BCUT2D eigenvalue weighted by atomic mass is 35.5. The highest BCUT2D eigenvalue weighted by Crippen LogP contribution is 2.31. The van der Waals surface area contributed by atoms with E-state index in [9.17, 15) is 26.0 Å². The zero-order valence-corrected chi connectivity index (χ0v) is 17.4. The lowest BCUT2D eigenvalue weighted by Crippen LogP contribution is -2.47. The Morgan fingerprint density at radius 1 is 1.17 bits per heavy atom. The van der Waals surface area contributed by atoms with Crippen LogP contribution in [0.25, 0.3) is 0 Å². The smallest absolute Gasteiger partial charge is 0.243 e. The largest absolute Gasteiger partial charge is 0.376 e. The van der Waals surface area contributed by atoms with Gasteiger partial charge in [0.1, 0.15) is 16.5 Å². The second kappa shape index (κ2) is 9.19. The van der Waals surface area contributed by atoms with Crippen LogP contribution in [-0.4, -0.2) is 45.7 Å². The molecule has 0 aromatic heterocycles. The topological polar surface area (TPSA) is 58.6 Å². The second-order valence-electron chi connectivity index (χ2n) is 6.88. The summed E-state index contributed by atoms with van der Waals surface area (Å²) in [6.07, 6.45) is -0.188. The van der Waals surface area contributed by atoms with Gasteiger partial charge in [-0.2, -0.15) is 0 Å². The van der Waals surface area contributed by atoms with Crippen LogP contribution in [0.2, 0.25) is 5.02 Å². The van der Waals surface area contributed by atoms with Crippen LogP contribution in [0.15, 0.2) is 35.2 Å². The lowest BCUT2D eigenvalue weighted by molar-refractivity contribution is -0.0342. The molecule has 2 unspecified atom stereocenters. The number of benzene rings is 2. The van der Waals surface area contributed by atoms with Crippen LogP contribution in [0.3, 0.4) is 0 Å². The van der Waals surface area contributed by atoms with Gasteiger partial charge in [-0.3, -0.25) is 4.90 Å². The summed E-state index contributed by atoms with van der Waals surface area (Å²) in [6, 6.07) is 3.66. The van der Waals surface area contributed by atoms with Gasteiger partial charge in [0.05, 0.1) is 18.8 Å². The lowest BCUT2D eigenvalue weighted by Gasteiger charge is -2.38. The zero-order valence-electron chi connectivity index (χ0n) is 15.8. The minimum absolute atomic E-state index is 0.0710. The van der Waals surface area contributed by atoms with Crippen molar-refractivity contribution in [2.45, 2.75) is 24.0 Å². The maximum atomic E-state index is 14.6. The van der Waals surface area contributed by atoms with Gasteiger partial charge in [0.25, 0.3) is 0 Å². The summed E-state index contributed by atoms with van der Waals surface area (Å²) < 4.78 is 87.9. The van der Waals surface area contributed by atoms with Crippen molar-refractivity contribution in [2.75, 3.05) is 26.2 Å². The Morgan fingerprint density at radius 3 is 2.53 bits per heavy atom. The molecule has 2 atom stereocenters. The Hall–Kier alpha value is -1.72. The zero-order chi connectivity index (χ0) is 22.1. The minimum Gasteiger partial charge on any atom is -0.376 e. The molecule has 1 aliphatic heterocycles. The second-order valence-corrected chi connectivity index (χ2v) is 9.02. The van der Waals surface area contributed by atoms with Gasteiger partial charge in [-0.25, -0.2) is 30.7 Å². The van der Waals surface area contributed by atoms with Crippen molar-refractivity contribution < 1.29 is 30.7 Å². The summed E-state index contributed by atoms with van der Waals surface area (Å²) in [5.41, 5.74) is 0.0710. The summed E-state index contributed by atoms with van der Waals surface area (Å²) in [6.45, 7) is 2.52. The maximum absolute atomic E-state index is 14.6. The molecule has 1 heterocycles. The Labute approximate surface area is 176 Å². The highest BCUT2D eigenvalue weighted by molar-refractivity contribution is 7.89. The van der Waals surface area contributed by atoms with E-state index in [0.29, 0.717) is 19.7 Å². The molecular weight excluding hydrogens is 448 g/mol. The van der Waals surface area contributed by atoms with E-state index in [1.165, 1.54) is 18.2 Å². The third kappa shape index (κ3) is 4.94. The molecule has 3 rings (SSSR count). The molecule has 1 fully saturated rings. The van der Waals surface area contributed by atoms with Gasteiger partial charge in [-0.05, 0) is 25.1 Å². The molecule has 0 radical (unpaired) electrons. The number of hydrogen-bond donors (Lipinski definition) is 1. The molecule has 0 amide bonds. The van der Waals surface area contributed by atoms with Gasteiger partial charge in [0.2, 0.25) is 10.0 Å². The van der Waals surface area contributed by atoms with Crippen LogP contribution < -0.4 is 4.72 Å². The molecule has 30 heavy (non-hydrogen) atoms. The predicted molar refractivity (Wildman–Crippen MR) is 103 cm³/mol. The number of nitrogens with zero attached hydrogens (tertiary/aromatic N) is 1. The van der Waals surface area contributed by atoms with E-state index in [1.54, 1.807) is 4.90 Å². The SMILES string of the molecule is CC1CN(C(CNS(=O)(=O)c2cc(F)c(F)cc2F)c2c(F)cccc2Cl)CCO1. The molecule has 2 aromatic rings. The van der Waals surface area contributed by atoms with Crippen molar-refractivity contribution in [1.82, 2.24) is 9.62 Å². The standard InChI is InChI=1S/C19H19ClF4N2O3S/c1-11-10-26(5-6-29-11)17(19-12(20)3-2-4-13(19)21)9-25-30(27,28)18-8-15(23)14(22)7-16(18)24/h2-4,7-8,11,17,25H,5-6,9-10H2,1H3. The monoisotopic (exact) mass is 466 g/mol. The first-order valence-corrected chi connectivity index (χ1v) is 10.9. The first-order valence-electron chi connectivity index (χ1n) is 9.04. The number of morpholine rings is 1. The van der Waals surface area contributed by atoms with Crippen molar-refractivity contribution in [2.24, 2.45) is 0 Å². The molecular formula is C19H19ClF4N2O3S. The van der Waals surface area contributed by atoms with Crippen molar-refractivity contribution in [1.29, 1.82) is 0 Å². The molecule has 1 saturated heterocycles. The van der Waals surface area contributed by atoms with Crippen molar-refractivity contribution >= 4 is 21.6 Å². The van der Waals surface area contributed by atoms with Gasteiger partial charge in [0, 0.05) is 36.3 Å². The number of ether oxygens (including phenoxy) is 1. The van der Waals surface area contributed by atoms with Crippen LogP contribution in [0.5, 0.6) is 0 Å². The van der Waals surface area contributed by atoms with E-state index in [1.807, 2.05) is 6.92 Å². The number of sulfonamides is 1. The quantitative estimate of drug-likeness (QED) is 0.521. The third-order valence-corrected chi connectivity index (χ3v) is 6.55. The lowest BCUT2D eigenvalue weighted by atomic mass is 10.0. The van der Waals surface area contributed by atoms with Gasteiger partial charge < -0.3 is 4.74 Å². The molecule has 0 spiro atoms. The Kier molecular flexibility index (Phi) is 7.03. The third-order valence-electron chi connectivity index (χ3n) is 4.78. The number of nitrogens with one attached hydrogen (secondary N) is 1. The van der Waals surface area contributed by atoms with Crippen molar-refractivity contribution in [3.05, 3.63) is 64.2 Å². The van der Waals surface area contributed by atoms with Crippen LogP contribution in [-0.2, 0) is 14.8 Å². The highest BCUT2D eigenvalue weighted by Gasteiger charge is 2.31. The van der Waals surface area contributed by atoms with Gasteiger partial charge in [-0.1, -0.05) is 17.7 Å². The molecule has 5 nitrogen and oxygen atoms in total. The Bertz CT molecular complexity index is 1020. The van der Waals surface area contributed by atoms with Crippen LogP contribution in [0.1, 0.15) is 18.5 Å². The van der Waals surface area contributed by atoms with Gasteiger partial charge in [-0.15, -0.1) is 0 Å². The average molecular weight is 467 g/mol. The minimum atomic E-state index is -4.57. The Balaban J connectivity index is 1.93. The van der Waals surface area contributed by atoms with Crippen molar-refractivity contribution in [3.8, 4) is 0 Å². The summed E-state index contributed by atoms with van der Waals surface area (Å²) in [5.74, 6) is -5.09. The number of rotatable bonds is 6. The van der Waals surface area contributed by atoms with E-state index in [4.69, 9.17) is 16.3 Å². The fourth-order valence-corrected chi connectivity index (χ4v) is 4.74. The van der Waals surface area contributed by atoms with E-state index < -0.39 is 44.2 Å². The van der Waals surface area contributed by atoms with Crippen molar-refractivity contribution in [3.63, 3.8) is 0 Å². The molecule has 11 heteroatoms. The summed E-state index contributed by atoms with van der Waals surface area (Å²) >= 11 is 6.18. The summed E-state index contributed by atoms with van der Waals surface area (Å²) in [7, 11) is -4.57. The van der Waals surface area contributed by atoms with E-state index in [-0.39, 0.29) is 35.4 Å². The fourth-order valence-electron chi connectivity index (χ4n) is 3.35. The molecule has 0 saturated carbocycles. The fraction of sp³-hybridized carbons (Fsp3) is 0.368. The predicted octanol–water partition coefficient (Wildman–Crippen LogP) is 3.64. The average Bonchev–Trinajstić information content (AvgIpc) is 2.66. The molecule has 0 bridgehead atoms. The number of hydrogen-bond acceptors (Lipinski definition) is 4. The first kappa shape index (κ1) is 23.0. The summed E-state index contributed by atoms with van der Waals surface area (Å²) in [4.78, 5) is 0.748. The first-order chi connectivity index (χ1) is 14.1. The van der Waals surface area contributed by atoms with E-state index >= 15 is 0 Å².